The Morgan fingerprint density at radius 1 is 1.56 bits per heavy atom. The molecule has 0 spiro atoms. The van der Waals surface area contributed by atoms with Gasteiger partial charge in [0.1, 0.15) is 0 Å². The van der Waals surface area contributed by atoms with Crippen LogP contribution in [0.4, 0.5) is 4.79 Å². The van der Waals surface area contributed by atoms with Crippen LogP contribution in [-0.4, -0.2) is 42.8 Å². The predicted molar refractivity (Wildman–Crippen MR) is 62.6 cm³/mol. The Morgan fingerprint density at radius 2 is 2.19 bits per heavy atom. The van der Waals surface area contributed by atoms with Crippen molar-refractivity contribution >= 4 is 32.2 Å². The van der Waals surface area contributed by atoms with Gasteiger partial charge < -0.3 is 4.74 Å². The SMILES string of the molecule is CC(C)OC(=O)NS(=O)(=O)N1CCC(Br)C1. The molecular formula is C8H15BrN2O4S. The molecule has 1 aliphatic heterocycles. The van der Waals surface area contributed by atoms with Gasteiger partial charge in [-0.15, -0.1) is 0 Å². The molecule has 1 heterocycles. The van der Waals surface area contributed by atoms with E-state index in [9.17, 15) is 13.2 Å². The van der Waals surface area contributed by atoms with Gasteiger partial charge in [-0.2, -0.15) is 12.7 Å². The van der Waals surface area contributed by atoms with Crippen molar-refractivity contribution in [2.75, 3.05) is 13.1 Å². The molecule has 1 rings (SSSR count). The minimum atomic E-state index is -3.76. The minimum Gasteiger partial charge on any atom is -0.446 e. The van der Waals surface area contributed by atoms with E-state index in [1.807, 2.05) is 4.72 Å². The number of amides is 1. The number of nitrogens with one attached hydrogen (secondary N) is 1. The van der Waals surface area contributed by atoms with E-state index < -0.39 is 16.3 Å². The molecule has 0 aromatic rings. The highest BCUT2D eigenvalue weighted by molar-refractivity contribution is 9.09. The molecule has 6 nitrogen and oxygen atoms in total. The second-order valence-corrected chi connectivity index (χ2v) is 6.77. The molecule has 1 saturated heterocycles. The summed E-state index contributed by atoms with van der Waals surface area (Å²) in [5.74, 6) is 0. The largest absolute Gasteiger partial charge is 0.446 e. The fraction of sp³-hybridized carbons (Fsp3) is 0.875. The summed E-state index contributed by atoms with van der Waals surface area (Å²) < 4.78 is 31.1. The molecule has 0 bridgehead atoms. The first-order valence-electron chi connectivity index (χ1n) is 4.94. The van der Waals surface area contributed by atoms with Gasteiger partial charge in [-0.3, -0.25) is 0 Å². The summed E-state index contributed by atoms with van der Waals surface area (Å²) in [6.07, 6.45) is -0.550. The van der Waals surface area contributed by atoms with Crippen LogP contribution in [0.25, 0.3) is 0 Å². The number of rotatable bonds is 3. The highest BCUT2D eigenvalue weighted by Gasteiger charge is 2.31. The molecule has 1 unspecified atom stereocenters. The maximum Gasteiger partial charge on any atom is 0.422 e. The Labute approximate surface area is 104 Å². The highest BCUT2D eigenvalue weighted by atomic mass is 79.9. The summed E-state index contributed by atoms with van der Waals surface area (Å²) in [5.41, 5.74) is 0. The highest BCUT2D eigenvalue weighted by Crippen LogP contribution is 2.18. The second-order valence-electron chi connectivity index (χ2n) is 3.81. The summed E-state index contributed by atoms with van der Waals surface area (Å²) in [7, 11) is -3.76. The fourth-order valence-corrected chi connectivity index (χ4v) is 3.17. The average molecular weight is 315 g/mol. The zero-order chi connectivity index (χ0) is 12.3. The lowest BCUT2D eigenvalue weighted by Gasteiger charge is -2.16. The van der Waals surface area contributed by atoms with Gasteiger partial charge in [0.15, 0.2) is 0 Å². The van der Waals surface area contributed by atoms with Crippen LogP contribution in [0, 0.1) is 0 Å². The van der Waals surface area contributed by atoms with Crippen molar-refractivity contribution in [3.05, 3.63) is 0 Å². The maximum atomic E-state index is 11.7. The summed E-state index contributed by atoms with van der Waals surface area (Å²) in [5, 5.41) is 0. The van der Waals surface area contributed by atoms with Gasteiger partial charge in [-0.25, -0.2) is 9.52 Å². The number of hydrogen-bond acceptors (Lipinski definition) is 4. The third kappa shape index (κ3) is 3.91. The molecule has 0 aliphatic carbocycles. The van der Waals surface area contributed by atoms with E-state index in [0.717, 1.165) is 6.42 Å². The number of halogens is 1. The van der Waals surface area contributed by atoms with Crippen molar-refractivity contribution in [2.24, 2.45) is 0 Å². The van der Waals surface area contributed by atoms with Crippen LogP contribution in [0.15, 0.2) is 0 Å². The number of ether oxygens (including phenoxy) is 1. The van der Waals surface area contributed by atoms with Gasteiger partial charge in [0, 0.05) is 17.9 Å². The number of alkyl halides is 1. The van der Waals surface area contributed by atoms with Crippen LogP contribution < -0.4 is 4.72 Å². The molecule has 1 aliphatic rings. The molecule has 1 N–H and O–H groups in total. The Bertz CT molecular complexity index is 357. The third-order valence-corrected chi connectivity index (χ3v) is 4.17. The molecule has 16 heavy (non-hydrogen) atoms. The standard InChI is InChI=1S/C8H15BrN2O4S/c1-6(2)15-8(12)10-16(13,14)11-4-3-7(9)5-11/h6-7H,3-5H2,1-2H3,(H,10,12). The average Bonchev–Trinajstić information content (AvgIpc) is 2.49. The Morgan fingerprint density at radius 3 is 2.62 bits per heavy atom. The van der Waals surface area contributed by atoms with Gasteiger partial charge in [0.25, 0.3) is 0 Å². The first-order valence-corrected chi connectivity index (χ1v) is 7.29. The lowest BCUT2D eigenvalue weighted by Crippen LogP contribution is -2.43. The van der Waals surface area contributed by atoms with Crippen LogP contribution in [0.3, 0.4) is 0 Å². The molecular weight excluding hydrogens is 300 g/mol. The molecule has 1 atom stereocenters. The molecule has 1 fully saturated rings. The van der Waals surface area contributed by atoms with Crippen molar-refractivity contribution in [1.82, 2.24) is 9.03 Å². The topological polar surface area (TPSA) is 75.7 Å². The Hall–Kier alpha value is -0.340. The monoisotopic (exact) mass is 314 g/mol. The molecule has 0 radical (unpaired) electrons. The Balaban J connectivity index is 2.55. The van der Waals surface area contributed by atoms with E-state index in [1.165, 1.54) is 4.31 Å². The molecule has 0 aromatic carbocycles. The van der Waals surface area contributed by atoms with Crippen molar-refractivity contribution in [3.8, 4) is 0 Å². The van der Waals surface area contributed by atoms with Gasteiger partial charge in [0.2, 0.25) is 0 Å². The fourth-order valence-electron chi connectivity index (χ4n) is 1.31. The first kappa shape index (κ1) is 13.7. The summed E-state index contributed by atoms with van der Waals surface area (Å²) in [6.45, 7) is 4.07. The number of nitrogens with zero attached hydrogens (tertiary/aromatic N) is 1. The molecule has 1 amide bonds. The lowest BCUT2D eigenvalue weighted by atomic mass is 10.4. The van der Waals surface area contributed by atoms with E-state index in [2.05, 4.69) is 15.9 Å². The molecule has 0 saturated carbocycles. The molecule has 94 valence electrons. The van der Waals surface area contributed by atoms with E-state index in [1.54, 1.807) is 13.8 Å². The predicted octanol–water partition coefficient (Wildman–Crippen LogP) is 0.835. The quantitative estimate of drug-likeness (QED) is 0.783. The number of carbonyl (C=O) groups is 1. The van der Waals surface area contributed by atoms with Gasteiger partial charge in [-0.1, -0.05) is 15.9 Å². The summed E-state index contributed by atoms with van der Waals surface area (Å²) >= 11 is 3.33. The first-order chi connectivity index (χ1) is 7.31. The lowest BCUT2D eigenvalue weighted by molar-refractivity contribution is 0.121. The van der Waals surface area contributed by atoms with Crippen molar-refractivity contribution in [2.45, 2.75) is 31.2 Å². The zero-order valence-corrected chi connectivity index (χ0v) is 11.5. The van der Waals surface area contributed by atoms with Crippen molar-refractivity contribution < 1.29 is 17.9 Å². The Kier molecular flexibility index (Phi) is 4.57. The smallest absolute Gasteiger partial charge is 0.422 e. The zero-order valence-electron chi connectivity index (χ0n) is 9.14. The van der Waals surface area contributed by atoms with Crippen LogP contribution in [-0.2, 0) is 14.9 Å². The van der Waals surface area contributed by atoms with Crippen LogP contribution >= 0.6 is 15.9 Å². The van der Waals surface area contributed by atoms with Crippen LogP contribution in [0.2, 0.25) is 0 Å². The normalized spacial score (nSPS) is 22.4. The van der Waals surface area contributed by atoms with Gasteiger partial charge >= 0.3 is 16.3 Å². The maximum absolute atomic E-state index is 11.7. The summed E-state index contributed by atoms with van der Waals surface area (Å²) in [4.78, 5) is 11.3. The van der Waals surface area contributed by atoms with E-state index in [-0.39, 0.29) is 10.9 Å². The summed E-state index contributed by atoms with van der Waals surface area (Å²) in [6, 6.07) is 0. The molecule has 8 heteroatoms. The van der Waals surface area contributed by atoms with Crippen molar-refractivity contribution in [3.63, 3.8) is 0 Å². The van der Waals surface area contributed by atoms with E-state index >= 15 is 0 Å². The second kappa shape index (κ2) is 5.33. The van der Waals surface area contributed by atoms with E-state index in [0.29, 0.717) is 13.1 Å². The van der Waals surface area contributed by atoms with Gasteiger partial charge in [0.05, 0.1) is 6.10 Å². The number of carbonyl (C=O) groups excluding carboxylic acids is 1. The van der Waals surface area contributed by atoms with Crippen LogP contribution in [0.1, 0.15) is 20.3 Å². The minimum absolute atomic E-state index is 0.144. The third-order valence-electron chi connectivity index (χ3n) is 1.99. The molecule has 0 aromatic heterocycles. The van der Waals surface area contributed by atoms with Gasteiger partial charge in [-0.05, 0) is 20.3 Å². The number of hydrogen-bond donors (Lipinski definition) is 1. The van der Waals surface area contributed by atoms with Crippen molar-refractivity contribution in [1.29, 1.82) is 0 Å². The van der Waals surface area contributed by atoms with E-state index in [4.69, 9.17) is 4.74 Å². The van der Waals surface area contributed by atoms with Crippen LogP contribution in [0.5, 0.6) is 0 Å².